The van der Waals surface area contributed by atoms with Gasteiger partial charge in [-0.05, 0) is 36.4 Å². The van der Waals surface area contributed by atoms with Gasteiger partial charge in [-0.25, -0.2) is 19.9 Å². The van der Waals surface area contributed by atoms with Crippen LogP contribution in [0.4, 0.5) is 0 Å². The highest BCUT2D eigenvalue weighted by Gasteiger charge is 2.20. The van der Waals surface area contributed by atoms with Gasteiger partial charge in [0.1, 0.15) is 11.2 Å². The number of para-hydroxylation sites is 4. The van der Waals surface area contributed by atoms with E-state index in [1.54, 1.807) is 11.3 Å². The van der Waals surface area contributed by atoms with Gasteiger partial charge in [0.25, 0.3) is 0 Å². The zero-order valence-electron chi connectivity index (χ0n) is 24.8. The van der Waals surface area contributed by atoms with E-state index in [9.17, 15) is 0 Å². The molecule has 0 N–H and O–H groups in total. The van der Waals surface area contributed by atoms with Crippen molar-refractivity contribution in [2.24, 2.45) is 0 Å². The summed E-state index contributed by atoms with van der Waals surface area (Å²) < 4.78 is 9.81. The third-order valence-electron chi connectivity index (χ3n) is 8.72. The van der Waals surface area contributed by atoms with Crippen LogP contribution < -0.4 is 0 Å². The standard InChI is InChI=1S/C40H23N5OS/c1-2-11-24(12-3-1)37-42-38(44-39(43-37)30-16-10-15-29-28-14-5-8-19-34(28)46-36(29)30)25-21-22-27-26-13-4-7-18-32(26)45(33(27)23-25)40-41-31-17-6-9-20-35(31)47-40/h1-23H. The van der Waals surface area contributed by atoms with Gasteiger partial charge < -0.3 is 4.42 Å². The molecule has 6 aromatic carbocycles. The molecular formula is C40H23N5OS. The summed E-state index contributed by atoms with van der Waals surface area (Å²) in [5.41, 5.74) is 7.37. The lowest BCUT2D eigenvalue weighted by molar-refractivity contribution is 0.669. The first-order chi connectivity index (χ1) is 23.3. The second kappa shape index (κ2) is 10.2. The summed E-state index contributed by atoms with van der Waals surface area (Å²) in [7, 11) is 0. The van der Waals surface area contributed by atoms with Crippen LogP contribution in [0.1, 0.15) is 0 Å². The number of benzene rings is 6. The molecule has 10 rings (SSSR count). The lowest BCUT2D eigenvalue weighted by Gasteiger charge is -2.09. The first-order valence-corrected chi connectivity index (χ1v) is 16.2. The van der Waals surface area contributed by atoms with E-state index in [1.807, 2.05) is 66.7 Å². The van der Waals surface area contributed by atoms with Gasteiger partial charge in [0.15, 0.2) is 22.6 Å². The minimum absolute atomic E-state index is 0.560. The molecule has 0 aliphatic rings. The summed E-state index contributed by atoms with van der Waals surface area (Å²) in [5, 5.41) is 5.34. The van der Waals surface area contributed by atoms with E-state index in [0.717, 1.165) is 70.4 Å². The third kappa shape index (κ3) is 4.10. The summed E-state index contributed by atoms with van der Waals surface area (Å²) in [6.07, 6.45) is 0. The van der Waals surface area contributed by atoms with Gasteiger partial charge in [-0.3, -0.25) is 4.57 Å². The van der Waals surface area contributed by atoms with Crippen molar-refractivity contribution in [2.75, 3.05) is 0 Å². The van der Waals surface area contributed by atoms with Crippen molar-refractivity contribution >= 4 is 65.3 Å². The average Bonchev–Trinajstić information content (AvgIpc) is 3.83. The van der Waals surface area contributed by atoms with E-state index in [0.29, 0.717) is 17.5 Å². The number of hydrogen-bond acceptors (Lipinski definition) is 6. The van der Waals surface area contributed by atoms with Gasteiger partial charge in [-0.1, -0.05) is 114 Å². The predicted octanol–water partition coefficient (Wildman–Crippen LogP) is 10.5. The second-order valence-corrected chi connectivity index (χ2v) is 12.5. The Balaban J connectivity index is 1.23. The Hall–Kier alpha value is -6.18. The molecule has 0 spiro atoms. The molecule has 220 valence electrons. The number of thiazole rings is 1. The van der Waals surface area contributed by atoms with Crippen LogP contribution in [0.15, 0.2) is 144 Å². The third-order valence-corrected chi connectivity index (χ3v) is 9.74. The van der Waals surface area contributed by atoms with Gasteiger partial charge in [0, 0.05) is 32.7 Å². The van der Waals surface area contributed by atoms with E-state index in [-0.39, 0.29) is 0 Å². The molecule has 6 nitrogen and oxygen atoms in total. The molecular weight excluding hydrogens is 599 g/mol. The zero-order chi connectivity index (χ0) is 30.9. The molecule has 0 bridgehead atoms. The Labute approximate surface area is 272 Å². The minimum atomic E-state index is 0.560. The van der Waals surface area contributed by atoms with E-state index < -0.39 is 0 Å². The van der Waals surface area contributed by atoms with Gasteiger partial charge >= 0.3 is 0 Å². The highest BCUT2D eigenvalue weighted by atomic mass is 32.1. The number of hydrogen-bond donors (Lipinski definition) is 0. The van der Waals surface area contributed by atoms with Gasteiger partial charge in [0.2, 0.25) is 0 Å². The summed E-state index contributed by atoms with van der Waals surface area (Å²) in [6, 6.07) is 47.5. The normalized spacial score (nSPS) is 11.8. The number of aromatic nitrogens is 5. The topological polar surface area (TPSA) is 69.6 Å². The van der Waals surface area contributed by atoms with Crippen LogP contribution in [-0.4, -0.2) is 24.5 Å². The molecule has 0 saturated carbocycles. The summed E-state index contributed by atoms with van der Waals surface area (Å²) in [5.74, 6) is 1.75. The monoisotopic (exact) mass is 621 g/mol. The molecule has 47 heavy (non-hydrogen) atoms. The average molecular weight is 622 g/mol. The highest BCUT2D eigenvalue weighted by molar-refractivity contribution is 7.20. The molecule has 0 saturated heterocycles. The fourth-order valence-electron chi connectivity index (χ4n) is 6.54. The van der Waals surface area contributed by atoms with Gasteiger partial charge in [-0.2, -0.15) is 0 Å². The Morgan fingerprint density at radius 2 is 1.19 bits per heavy atom. The molecule has 0 aliphatic heterocycles. The van der Waals surface area contributed by atoms with Crippen molar-refractivity contribution in [1.82, 2.24) is 24.5 Å². The maximum absolute atomic E-state index is 6.40. The fraction of sp³-hybridized carbons (Fsp3) is 0. The van der Waals surface area contributed by atoms with Crippen molar-refractivity contribution in [3.63, 3.8) is 0 Å². The number of nitrogens with zero attached hydrogens (tertiary/aromatic N) is 5. The summed E-state index contributed by atoms with van der Waals surface area (Å²) in [4.78, 5) is 20.2. The molecule has 0 fully saturated rings. The van der Waals surface area contributed by atoms with Crippen molar-refractivity contribution in [3.05, 3.63) is 140 Å². The van der Waals surface area contributed by atoms with Crippen LogP contribution in [0.5, 0.6) is 0 Å². The predicted molar refractivity (Wildman–Crippen MR) is 191 cm³/mol. The number of rotatable bonds is 4. The molecule has 0 atom stereocenters. The van der Waals surface area contributed by atoms with Gasteiger partial charge in [0.05, 0.1) is 26.8 Å². The van der Waals surface area contributed by atoms with Gasteiger partial charge in [-0.15, -0.1) is 0 Å². The molecule has 4 aromatic heterocycles. The smallest absolute Gasteiger partial charge is 0.195 e. The van der Waals surface area contributed by atoms with Crippen LogP contribution in [-0.2, 0) is 0 Å². The van der Waals surface area contributed by atoms with Crippen molar-refractivity contribution in [2.45, 2.75) is 0 Å². The molecule has 7 heteroatoms. The molecule has 4 heterocycles. The van der Waals surface area contributed by atoms with Crippen LogP contribution in [0, 0.1) is 0 Å². The molecule has 10 aromatic rings. The van der Waals surface area contributed by atoms with Crippen LogP contribution in [0.2, 0.25) is 0 Å². The van der Waals surface area contributed by atoms with Crippen molar-refractivity contribution < 1.29 is 4.42 Å². The van der Waals surface area contributed by atoms with Crippen molar-refractivity contribution in [1.29, 1.82) is 0 Å². The largest absolute Gasteiger partial charge is 0.455 e. The lowest BCUT2D eigenvalue weighted by Crippen LogP contribution is -2.00. The fourth-order valence-corrected chi connectivity index (χ4v) is 7.53. The number of furan rings is 1. The number of fused-ring (bicyclic) bond motifs is 7. The van der Waals surface area contributed by atoms with E-state index >= 15 is 0 Å². The van der Waals surface area contributed by atoms with Crippen LogP contribution in [0.25, 0.3) is 93.3 Å². The maximum Gasteiger partial charge on any atom is 0.195 e. The first kappa shape index (κ1) is 26.1. The Bertz CT molecular complexity index is 2780. The Morgan fingerprint density at radius 3 is 2.09 bits per heavy atom. The van der Waals surface area contributed by atoms with E-state index in [2.05, 4.69) is 77.4 Å². The van der Waals surface area contributed by atoms with E-state index in [4.69, 9.17) is 24.4 Å². The minimum Gasteiger partial charge on any atom is -0.455 e. The van der Waals surface area contributed by atoms with Crippen molar-refractivity contribution in [3.8, 4) is 39.3 Å². The summed E-state index contributed by atoms with van der Waals surface area (Å²) >= 11 is 1.69. The molecule has 0 radical (unpaired) electrons. The van der Waals surface area contributed by atoms with Crippen LogP contribution in [0.3, 0.4) is 0 Å². The second-order valence-electron chi connectivity index (χ2n) is 11.5. The Kier molecular flexibility index (Phi) is 5.64. The quantitative estimate of drug-likeness (QED) is 0.196. The highest BCUT2D eigenvalue weighted by Crippen LogP contribution is 2.38. The molecule has 0 aliphatic carbocycles. The maximum atomic E-state index is 6.40. The zero-order valence-corrected chi connectivity index (χ0v) is 25.6. The molecule has 0 amide bonds. The summed E-state index contributed by atoms with van der Waals surface area (Å²) in [6.45, 7) is 0. The van der Waals surface area contributed by atoms with E-state index in [1.165, 1.54) is 5.39 Å². The lowest BCUT2D eigenvalue weighted by atomic mass is 10.1. The first-order valence-electron chi connectivity index (χ1n) is 15.4. The Morgan fingerprint density at radius 1 is 0.489 bits per heavy atom. The SMILES string of the molecule is c1ccc(-c2nc(-c3ccc4c5ccccc5n(-c5nc6ccccc6s5)c4c3)nc(-c3cccc4c3oc3ccccc34)n2)cc1. The molecule has 0 unspecified atom stereocenters. The van der Waals surface area contributed by atoms with Crippen LogP contribution >= 0.6 is 11.3 Å².